The van der Waals surface area contributed by atoms with Crippen molar-refractivity contribution < 1.29 is 14.3 Å². The van der Waals surface area contributed by atoms with E-state index in [1.54, 1.807) is 7.11 Å². The van der Waals surface area contributed by atoms with Crippen molar-refractivity contribution in [3.8, 4) is 11.5 Å². The highest BCUT2D eigenvalue weighted by Crippen LogP contribution is 2.20. The lowest BCUT2D eigenvalue weighted by Gasteiger charge is -2.08. The topological polar surface area (TPSA) is 78.3 Å². The van der Waals surface area contributed by atoms with Crippen LogP contribution >= 0.6 is 11.8 Å². The number of para-hydroxylation sites is 1. The van der Waals surface area contributed by atoms with Crippen LogP contribution in [-0.2, 0) is 18.4 Å². The molecule has 0 atom stereocenters. The monoisotopic (exact) mass is 398 g/mol. The Bertz CT molecular complexity index is 941. The zero-order chi connectivity index (χ0) is 19.9. The van der Waals surface area contributed by atoms with E-state index in [1.165, 1.54) is 11.8 Å². The SMILES string of the molecule is COc1ccc(OCc2nnc(SCC(=O)Nc3ccccc3C)n2C)cc1. The molecule has 28 heavy (non-hydrogen) atoms. The molecule has 8 heteroatoms. The van der Waals surface area contributed by atoms with Crippen LogP contribution < -0.4 is 14.8 Å². The number of aromatic nitrogens is 3. The van der Waals surface area contributed by atoms with Gasteiger partial charge in [-0.25, -0.2) is 0 Å². The number of nitrogens with one attached hydrogen (secondary N) is 1. The van der Waals surface area contributed by atoms with E-state index in [0.29, 0.717) is 11.0 Å². The molecule has 0 spiro atoms. The molecule has 0 aliphatic rings. The Hall–Kier alpha value is -3.00. The van der Waals surface area contributed by atoms with Gasteiger partial charge in [-0.05, 0) is 42.8 Å². The van der Waals surface area contributed by atoms with E-state index in [1.807, 2.05) is 67.1 Å². The van der Waals surface area contributed by atoms with Gasteiger partial charge in [0.15, 0.2) is 11.0 Å². The number of methoxy groups -OCH3 is 1. The van der Waals surface area contributed by atoms with E-state index < -0.39 is 0 Å². The molecule has 0 radical (unpaired) electrons. The Kier molecular flexibility index (Phi) is 6.54. The van der Waals surface area contributed by atoms with Crippen molar-refractivity contribution in [1.29, 1.82) is 0 Å². The summed E-state index contributed by atoms with van der Waals surface area (Å²) in [5.74, 6) is 2.33. The molecule has 0 unspecified atom stereocenters. The summed E-state index contributed by atoms with van der Waals surface area (Å²) in [6.45, 7) is 2.24. The van der Waals surface area contributed by atoms with E-state index in [-0.39, 0.29) is 18.3 Å². The molecule has 7 nitrogen and oxygen atoms in total. The van der Waals surface area contributed by atoms with E-state index in [9.17, 15) is 4.79 Å². The lowest BCUT2D eigenvalue weighted by Crippen LogP contribution is -2.15. The maximum Gasteiger partial charge on any atom is 0.234 e. The number of anilines is 1. The molecule has 2 aromatic carbocycles. The van der Waals surface area contributed by atoms with Gasteiger partial charge in [0.2, 0.25) is 5.91 Å². The zero-order valence-corrected chi connectivity index (χ0v) is 16.8. The van der Waals surface area contributed by atoms with Crippen LogP contribution in [0.2, 0.25) is 0 Å². The standard InChI is InChI=1S/C20H22N4O3S/c1-14-6-4-5-7-17(14)21-19(25)13-28-20-23-22-18(24(20)2)12-27-16-10-8-15(26-3)9-11-16/h4-11H,12-13H2,1-3H3,(H,21,25). The molecule has 0 bridgehead atoms. The Labute approximate surface area is 168 Å². The van der Waals surface area contributed by atoms with Gasteiger partial charge >= 0.3 is 0 Å². The minimum Gasteiger partial charge on any atom is -0.497 e. The van der Waals surface area contributed by atoms with Crippen LogP contribution in [0.4, 0.5) is 5.69 Å². The minimum absolute atomic E-state index is 0.0849. The predicted octanol–water partition coefficient (Wildman–Crippen LogP) is 3.44. The Balaban J connectivity index is 1.52. The van der Waals surface area contributed by atoms with Gasteiger partial charge in [-0.1, -0.05) is 30.0 Å². The molecular formula is C20H22N4O3S. The molecule has 1 N–H and O–H groups in total. The third kappa shape index (κ3) is 5.04. The molecule has 0 saturated carbocycles. The first kappa shape index (κ1) is 19.8. The number of carbonyl (C=O) groups is 1. The van der Waals surface area contributed by atoms with Gasteiger partial charge in [-0.15, -0.1) is 10.2 Å². The number of nitrogens with zero attached hydrogens (tertiary/aromatic N) is 3. The molecule has 3 rings (SSSR count). The average Bonchev–Trinajstić information content (AvgIpc) is 3.06. The number of aryl methyl sites for hydroxylation is 1. The first-order chi connectivity index (χ1) is 13.6. The third-order valence-electron chi connectivity index (χ3n) is 4.10. The number of thioether (sulfide) groups is 1. The van der Waals surface area contributed by atoms with Crippen molar-refractivity contribution in [2.75, 3.05) is 18.2 Å². The summed E-state index contributed by atoms with van der Waals surface area (Å²) in [6, 6.07) is 15.0. The highest BCUT2D eigenvalue weighted by molar-refractivity contribution is 7.99. The Morgan fingerprint density at radius 3 is 2.54 bits per heavy atom. The van der Waals surface area contributed by atoms with Crippen LogP contribution in [0, 0.1) is 6.92 Å². The smallest absolute Gasteiger partial charge is 0.234 e. The molecule has 1 heterocycles. The van der Waals surface area contributed by atoms with E-state index in [4.69, 9.17) is 9.47 Å². The summed E-state index contributed by atoms with van der Waals surface area (Å²) < 4.78 is 12.7. The number of rotatable bonds is 8. The van der Waals surface area contributed by atoms with Gasteiger partial charge in [-0.3, -0.25) is 4.79 Å². The maximum atomic E-state index is 12.2. The Morgan fingerprint density at radius 2 is 1.82 bits per heavy atom. The molecule has 1 amide bonds. The first-order valence-electron chi connectivity index (χ1n) is 8.70. The number of ether oxygens (including phenoxy) is 2. The molecule has 146 valence electrons. The number of amides is 1. The highest BCUT2D eigenvalue weighted by Gasteiger charge is 2.12. The van der Waals surface area contributed by atoms with Crippen molar-refractivity contribution in [1.82, 2.24) is 14.8 Å². The number of hydrogen-bond donors (Lipinski definition) is 1. The van der Waals surface area contributed by atoms with Crippen LogP contribution in [0.3, 0.4) is 0 Å². The van der Waals surface area contributed by atoms with Crippen LogP contribution in [0.25, 0.3) is 0 Å². The van der Waals surface area contributed by atoms with Gasteiger partial charge < -0.3 is 19.4 Å². The fraction of sp³-hybridized carbons (Fsp3) is 0.250. The molecule has 0 fully saturated rings. The van der Waals surface area contributed by atoms with E-state index in [0.717, 1.165) is 22.7 Å². The highest BCUT2D eigenvalue weighted by atomic mass is 32.2. The second-order valence-electron chi connectivity index (χ2n) is 6.07. The average molecular weight is 398 g/mol. The minimum atomic E-state index is -0.0849. The predicted molar refractivity (Wildman–Crippen MR) is 109 cm³/mol. The quantitative estimate of drug-likeness (QED) is 0.586. The van der Waals surface area contributed by atoms with Crippen LogP contribution in [0.1, 0.15) is 11.4 Å². The van der Waals surface area contributed by atoms with Gasteiger partial charge in [0.25, 0.3) is 0 Å². The number of hydrogen-bond acceptors (Lipinski definition) is 6. The molecule has 0 saturated heterocycles. The van der Waals surface area contributed by atoms with Gasteiger partial charge in [-0.2, -0.15) is 0 Å². The Morgan fingerprint density at radius 1 is 1.11 bits per heavy atom. The summed E-state index contributed by atoms with van der Waals surface area (Å²) in [7, 11) is 3.48. The van der Waals surface area contributed by atoms with Crippen molar-refractivity contribution in [3.05, 3.63) is 59.9 Å². The summed E-state index contributed by atoms with van der Waals surface area (Å²) >= 11 is 1.33. The lowest BCUT2D eigenvalue weighted by atomic mass is 10.2. The van der Waals surface area contributed by atoms with Crippen LogP contribution in [0.15, 0.2) is 53.7 Å². The fourth-order valence-electron chi connectivity index (χ4n) is 2.45. The van der Waals surface area contributed by atoms with Crippen molar-refractivity contribution >= 4 is 23.4 Å². The van der Waals surface area contributed by atoms with Crippen LogP contribution in [0.5, 0.6) is 11.5 Å². The molecule has 3 aromatic rings. The molecule has 0 aliphatic carbocycles. The summed E-state index contributed by atoms with van der Waals surface area (Å²) in [5.41, 5.74) is 1.84. The third-order valence-corrected chi connectivity index (χ3v) is 5.12. The lowest BCUT2D eigenvalue weighted by molar-refractivity contribution is -0.113. The van der Waals surface area contributed by atoms with Crippen molar-refractivity contribution in [2.24, 2.45) is 7.05 Å². The van der Waals surface area contributed by atoms with Gasteiger partial charge in [0.1, 0.15) is 18.1 Å². The summed E-state index contributed by atoms with van der Waals surface area (Å²) in [4.78, 5) is 12.2. The summed E-state index contributed by atoms with van der Waals surface area (Å²) in [5, 5.41) is 11.9. The van der Waals surface area contributed by atoms with Gasteiger partial charge in [0.05, 0.1) is 12.9 Å². The van der Waals surface area contributed by atoms with E-state index >= 15 is 0 Å². The normalized spacial score (nSPS) is 10.5. The largest absolute Gasteiger partial charge is 0.497 e. The van der Waals surface area contributed by atoms with Crippen molar-refractivity contribution in [2.45, 2.75) is 18.7 Å². The zero-order valence-electron chi connectivity index (χ0n) is 16.0. The van der Waals surface area contributed by atoms with Crippen LogP contribution in [-0.4, -0.2) is 33.5 Å². The number of carbonyl (C=O) groups excluding carboxylic acids is 1. The molecular weight excluding hydrogens is 376 g/mol. The maximum absolute atomic E-state index is 12.2. The second kappa shape index (κ2) is 9.27. The first-order valence-corrected chi connectivity index (χ1v) is 9.69. The fourth-order valence-corrected chi connectivity index (χ4v) is 3.18. The van der Waals surface area contributed by atoms with E-state index in [2.05, 4.69) is 15.5 Å². The second-order valence-corrected chi connectivity index (χ2v) is 7.02. The summed E-state index contributed by atoms with van der Waals surface area (Å²) in [6.07, 6.45) is 0. The van der Waals surface area contributed by atoms with Crippen molar-refractivity contribution in [3.63, 3.8) is 0 Å². The number of benzene rings is 2. The molecule has 1 aromatic heterocycles. The molecule has 0 aliphatic heterocycles. The van der Waals surface area contributed by atoms with Gasteiger partial charge in [0, 0.05) is 12.7 Å².